The predicted molar refractivity (Wildman–Crippen MR) is 71.0 cm³/mol. The Morgan fingerprint density at radius 2 is 2.17 bits per heavy atom. The zero-order chi connectivity index (χ0) is 13.0. The van der Waals surface area contributed by atoms with Gasteiger partial charge < -0.3 is 5.32 Å². The summed E-state index contributed by atoms with van der Waals surface area (Å²) in [5.74, 6) is 0.638. The lowest BCUT2D eigenvalue weighted by Gasteiger charge is -2.22. The molecule has 102 valence electrons. The van der Waals surface area contributed by atoms with Crippen molar-refractivity contribution in [1.82, 2.24) is 15.1 Å². The van der Waals surface area contributed by atoms with Crippen LogP contribution in [-0.4, -0.2) is 35.7 Å². The van der Waals surface area contributed by atoms with Crippen molar-refractivity contribution in [2.24, 2.45) is 0 Å². The molecule has 0 aliphatic carbocycles. The summed E-state index contributed by atoms with van der Waals surface area (Å²) in [6.07, 6.45) is 6.46. The lowest BCUT2D eigenvalue weighted by Crippen LogP contribution is -2.37. The van der Waals surface area contributed by atoms with Gasteiger partial charge in [0.05, 0.1) is 17.7 Å². The number of aryl methyl sites for hydroxylation is 1. The Morgan fingerprint density at radius 3 is 2.83 bits per heavy atom. The number of sulfone groups is 1. The molecule has 18 heavy (non-hydrogen) atoms. The molecule has 2 heterocycles. The maximum atomic E-state index is 11.3. The van der Waals surface area contributed by atoms with Crippen LogP contribution in [0.25, 0.3) is 0 Å². The molecule has 6 heteroatoms. The van der Waals surface area contributed by atoms with E-state index in [-0.39, 0.29) is 0 Å². The summed E-state index contributed by atoms with van der Waals surface area (Å²) in [6.45, 7) is 3.85. The van der Waals surface area contributed by atoms with E-state index in [1.54, 1.807) is 0 Å². The van der Waals surface area contributed by atoms with Crippen LogP contribution in [-0.2, 0) is 22.9 Å². The van der Waals surface area contributed by atoms with Crippen LogP contribution in [0.5, 0.6) is 0 Å². The Labute approximate surface area is 108 Å². The summed E-state index contributed by atoms with van der Waals surface area (Å²) in [4.78, 5) is 0. The van der Waals surface area contributed by atoms with Crippen molar-refractivity contribution < 1.29 is 8.42 Å². The van der Waals surface area contributed by atoms with Gasteiger partial charge in [0.2, 0.25) is 0 Å². The monoisotopic (exact) mass is 271 g/mol. The highest BCUT2D eigenvalue weighted by Gasteiger charge is 2.22. The highest BCUT2D eigenvalue weighted by atomic mass is 32.2. The quantitative estimate of drug-likeness (QED) is 0.866. The Hall–Kier alpha value is -0.880. The minimum Gasteiger partial charge on any atom is -0.310 e. The molecule has 1 N–H and O–H groups in total. The van der Waals surface area contributed by atoms with Crippen molar-refractivity contribution in [2.45, 2.75) is 45.3 Å². The van der Waals surface area contributed by atoms with E-state index in [2.05, 4.69) is 23.5 Å². The molecular weight excluding hydrogens is 250 g/mol. The lowest BCUT2D eigenvalue weighted by atomic mass is 10.1. The molecular formula is C12H21N3O2S. The van der Waals surface area contributed by atoms with Crippen molar-refractivity contribution in [3.05, 3.63) is 18.0 Å². The first kappa shape index (κ1) is 13.5. The number of hydrogen-bond donors (Lipinski definition) is 1. The molecule has 0 atom stereocenters. The van der Waals surface area contributed by atoms with Gasteiger partial charge in [0.15, 0.2) is 0 Å². The van der Waals surface area contributed by atoms with Crippen molar-refractivity contribution >= 4 is 9.84 Å². The molecule has 0 saturated carbocycles. The molecule has 0 bridgehead atoms. The first-order valence-electron chi connectivity index (χ1n) is 6.54. The largest absolute Gasteiger partial charge is 0.310 e. The van der Waals surface area contributed by atoms with Crippen LogP contribution in [0.15, 0.2) is 12.4 Å². The first-order chi connectivity index (χ1) is 8.59. The maximum absolute atomic E-state index is 11.3. The molecule has 1 aliphatic heterocycles. The van der Waals surface area contributed by atoms with Crippen LogP contribution in [0.4, 0.5) is 0 Å². The molecule has 1 fully saturated rings. The molecule has 1 aliphatic rings. The predicted octanol–water partition coefficient (Wildman–Crippen LogP) is 0.960. The van der Waals surface area contributed by atoms with E-state index in [1.165, 1.54) is 0 Å². The van der Waals surface area contributed by atoms with Gasteiger partial charge in [0.25, 0.3) is 0 Å². The molecule has 0 spiro atoms. The number of hydrogen-bond acceptors (Lipinski definition) is 4. The van der Waals surface area contributed by atoms with Gasteiger partial charge in [0, 0.05) is 30.9 Å². The van der Waals surface area contributed by atoms with Crippen molar-refractivity contribution in [1.29, 1.82) is 0 Å². The fraction of sp³-hybridized carbons (Fsp3) is 0.750. The SMILES string of the molecule is CCCn1cc(CNC2CCS(=O)(=O)CC2)cn1. The van der Waals surface area contributed by atoms with Crippen molar-refractivity contribution in [3.8, 4) is 0 Å². The van der Waals surface area contributed by atoms with Gasteiger partial charge in [-0.25, -0.2) is 8.42 Å². The molecule has 0 radical (unpaired) electrons. The standard InChI is InChI=1S/C12H21N3O2S/c1-2-5-15-10-11(9-14-15)8-13-12-3-6-18(16,17)7-4-12/h9-10,12-13H,2-8H2,1H3. The Kier molecular flexibility index (Phi) is 4.40. The van der Waals surface area contributed by atoms with Crippen molar-refractivity contribution in [3.63, 3.8) is 0 Å². The minimum absolute atomic E-state index is 0.319. The van der Waals surface area contributed by atoms with E-state index in [0.717, 1.165) is 37.9 Å². The van der Waals surface area contributed by atoms with E-state index in [4.69, 9.17) is 0 Å². The third-order valence-corrected chi connectivity index (χ3v) is 5.00. The second-order valence-corrected chi connectivity index (χ2v) is 7.22. The molecule has 5 nitrogen and oxygen atoms in total. The number of aromatic nitrogens is 2. The van der Waals surface area contributed by atoms with Crippen LogP contribution in [0.1, 0.15) is 31.7 Å². The first-order valence-corrected chi connectivity index (χ1v) is 8.36. The fourth-order valence-electron chi connectivity index (χ4n) is 2.21. The summed E-state index contributed by atoms with van der Waals surface area (Å²) in [7, 11) is -2.76. The second kappa shape index (κ2) is 5.84. The van der Waals surface area contributed by atoms with E-state index in [9.17, 15) is 8.42 Å². The fourth-order valence-corrected chi connectivity index (χ4v) is 3.70. The smallest absolute Gasteiger partial charge is 0.150 e. The van der Waals surface area contributed by atoms with Crippen LogP contribution in [0, 0.1) is 0 Å². The molecule has 0 aromatic carbocycles. The third kappa shape index (κ3) is 3.81. The van der Waals surface area contributed by atoms with E-state index in [1.807, 2.05) is 10.9 Å². The topological polar surface area (TPSA) is 64.0 Å². The summed E-state index contributed by atoms with van der Waals surface area (Å²) in [6, 6.07) is 0.322. The van der Waals surface area contributed by atoms with Gasteiger partial charge in [-0.15, -0.1) is 0 Å². The molecule has 1 saturated heterocycles. The minimum atomic E-state index is -2.76. The summed E-state index contributed by atoms with van der Waals surface area (Å²) >= 11 is 0. The molecule has 1 aromatic heterocycles. The van der Waals surface area contributed by atoms with Crippen LogP contribution in [0.2, 0.25) is 0 Å². The summed E-state index contributed by atoms with van der Waals surface area (Å²) in [5.41, 5.74) is 1.16. The third-order valence-electron chi connectivity index (χ3n) is 3.29. The van der Waals surface area contributed by atoms with Crippen LogP contribution >= 0.6 is 0 Å². The Morgan fingerprint density at radius 1 is 1.44 bits per heavy atom. The van der Waals surface area contributed by atoms with Gasteiger partial charge in [-0.2, -0.15) is 5.10 Å². The lowest BCUT2D eigenvalue weighted by molar-refractivity contribution is 0.463. The summed E-state index contributed by atoms with van der Waals surface area (Å²) < 4.78 is 24.6. The van der Waals surface area contributed by atoms with E-state index < -0.39 is 9.84 Å². The summed E-state index contributed by atoms with van der Waals surface area (Å²) in [5, 5.41) is 7.69. The Balaban J connectivity index is 1.77. The highest BCUT2D eigenvalue weighted by molar-refractivity contribution is 7.91. The average molecular weight is 271 g/mol. The second-order valence-electron chi connectivity index (χ2n) is 4.92. The number of rotatable bonds is 5. The Bertz CT molecular complexity index is 467. The zero-order valence-corrected chi connectivity index (χ0v) is 11.6. The normalized spacial score (nSPS) is 20.1. The highest BCUT2D eigenvalue weighted by Crippen LogP contribution is 2.12. The van der Waals surface area contributed by atoms with Gasteiger partial charge in [-0.3, -0.25) is 4.68 Å². The van der Waals surface area contributed by atoms with Gasteiger partial charge >= 0.3 is 0 Å². The molecule has 0 amide bonds. The van der Waals surface area contributed by atoms with E-state index >= 15 is 0 Å². The number of nitrogens with zero attached hydrogens (tertiary/aromatic N) is 2. The van der Waals surface area contributed by atoms with Crippen LogP contribution < -0.4 is 5.32 Å². The van der Waals surface area contributed by atoms with Crippen molar-refractivity contribution in [2.75, 3.05) is 11.5 Å². The van der Waals surface area contributed by atoms with Gasteiger partial charge in [-0.05, 0) is 19.3 Å². The van der Waals surface area contributed by atoms with Gasteiger partial charge in [0.1, 0.15) is 9.84 Å². The van der Waals surface area contributed by atoms with Crippen LogP contribution in [0.3, 0.4) is 0 Å². The van der Waals surface area contributed by atoms with Gasteiger partial charge in [-0.1, -0.05) is 6.92 Å². The molecule has 1 aromatic rings. The average Bonchev–Trinajstić information content (AvgIpc) is 2.76. The number of nitrogens with one attached hydrogen (secondary N) is 1. The molecule has 0 unspecified atom stereocenters. The zero-order valence-electron chi connectivity index (χ0n) is 10.8. The molecule has 2 rings (SSSR count). The van der Waals surface area contributed by atoms with E-state index in [0.29, 0.717) is 17.5 Å². The maximum Gasteiger partial charge on any atom is 0.150 e.